The normalized spacial score (nSPS) is 16.9. The van der Waals surface area contributed by atoms with Gasteiger partial charge < -0.3 is 10.2 Å². The number of anilines is 1. The van der Waals surface area contributed by atoms with Gasteiger partial charge in [-0.25, -0.2) is 4.98 Å². The Morgan fingerprint density at radius 1 is 1.47 bits per heavy atom. The second-order valence-corrected chi connectivity index (χ2v) is 5.05. The fraction of sp³-hybridized carbons (Fsp3) is 0.643. The van der Waals surface area contributed by atoms with Crippen LogP contribution in [-0.2, 0) is 0 Å². The van der Waals surface area contributed by atoms with Gasteiger partial charge in [-0.05, 0) is 43.9 Å². The summed E-state index contributed by atoms with van der Waals surface area (Å²) in [6.07, 6.45) is 4.77. The third-order valence-corrected chi connectivity index (χ3v) is 3.40. The maximum atomic E-state index is 4.55. The second kappa shape index (κ2) is 5.50. The highest BCUT2D eigenvalue weighted by Gasteiger charge is 2.23. The molecule has 0 aromatic carbocycles. The van der Waals surface area contributed by atoms with Crippen molar-refractivity contribution in [1.82, 2.24) is 10.3 Å². The van der Waals surface area contributed by atoms with Crippen molar-refractivity contribution in [2.24, 2.45) is 5.92 Å². The first-order chi connectivity index (χ1) is 8.20. The van der Waals surface area contributed by atoms with Crippen molar-refractivity contribution in [3.8, 4) is 0 Å². The fourth-order valence-electron chi connectivity index (χ4n) is 2.08. The summed E-state index contributed by atoms with van der Waals surface area (Å²) >= 11 is 0. The van der Waals surface area contributed by atoms with E-state index in [1.165, 1.54) is 18.4 Å². The molecule has 3 heteroatoms. The fourth-order valence-corrected chi connectivity index (χ4v) is 2.08. The Morgan fingerprint density at radius 2 is 2.24 bits per heavy atom. The number of aromatic nitrogens is 1. The molecular formula is C14H23N3. The van der Waals surface area contributed by atoms with Crippen molar-refractivity contribution in [3.63, 3.8) is 0 Å². The molecule has 0 spiro atoms. The van der Waals surface area contributed by atoms with Gasteiger partial charge in [0, 0.05) is 25.8 Å². The van der Waals surface area contributed by atoms with Crippen LogP contribution in [0, 0.1) is 5.92 Å². The van der Waals surface area contributed by atoms with E-state index in [9.17, 15) is 0 Å². The molecule has 0 bridgehead atoms. The first-order valence-electron chi connectivity index (χ1n) is 6.61. The Morgan fingerprint density at radius 3 is 2.76 bits per heavy atom. The molecule has 17 heavy (non-hydrogen) atoms. The van der Waals surface area contributed by atoms with Crippen LogP contribution >= 0.6 is 0 Å². The molecule has 1 aromatic heterocycles. The lowest BCUT2D eigenvalue weighted by atomic mass is 10.1. The highest BCUT2D eigenvalue weighted by atomic mass is 15.2. The van der Waals surface area contributed by atoms with Crippen molar-refractivity contribution in [3.05, 3.63) is 23.9 Å². The van der Waals surface area contributed by atoms with Gasteiger partial charge in [-0.2, -0.15) is 0 Å². The van der Waals surface area contributed by atoms with Crippen LogP contribution in [0.2, 0.25) is 0 Å². The lowest BCUT2D eigenvalue weighted by molar-refractivity contribution is 0.596. The molecular weight excluding hydrogens is 210 g/mol. The van der Waals surface area contributed by atoms with Crippen LogP contribution in [-0.4, -0.2) is 25.1 Å². The van der Waals surface area contributed by atoms with E-state index in [0.29, 0.717) is 6.04 Å². The Balaban J connectivity index is 1.96. The lowest BCUT2D eigenvalue weighted by Gasteiger charge is -2.19. The standard InChI is InChI=1S/C14H23N3/c1-4-15-11(2)13-7-8-14(16-9-13)17(3)10-12-5-6-12/h7-9,11-12,15H,4-6,10H2,1-3H3. The van der Waals surface area contributed by atoms with E-state index in [4.69, 9.17) is 0 Å². The summed E-state index contributed by atoms with van der Waals surface area (Å²) in [5.41, 5.74) is 1.26. The monoisotopic (exact) mass is 233 g/mol. The number of nitrogens with one attached hydrogen (secondary N) is 1. The molecule has 1 aliphatic carbocycles. The zero-order valence-electron chi connectivity index (χ0n) is 11.1. The van der Waals surface area contributed by atoms with Crippen molar-refractivity contribution in [2.45, 2.75) is 32.7 Å². The van der Waals surface area contributed by atoms with Crippen LogP contribution in [0.15, 0.2) is 18.3 Å². The van der Waals surface area contributed by atoms with Crippen LogP contribution in [0.4, 0.5) is 5.82 Å². The number of pyridine rings is 1. The molecule has 94 valence electrons. The summed E-state index contributed by atoms with van der Waals surface area (Å²) in [7, 11) is 2.13. The van der Waals surface area contributed by atoms with Crippen molar-refractivity contribution >= 4 is 5.82 Å². The van der Waals surface area contributed by atoms with Gasteiger partial charge in [-0.1, -0.05) is 13.0 Å². The molecule has 3 nitrogen and oxygen atoms in total. The molecule has 1 aliphatic rings. The van der Waals surface area contributed by atoms with E-state index in [0.717, 1.165) is 24.8 Å². The van der Waals surface area contributed by atoms with Crippen LogP contribution in [0.1, 0.15) is 38.3 Å². The zero-order valence-corrected chi connectivity index (χ0v) is 11.1. The molecule has 1 heterocycles. The van der Waals surface area contributed by atoms with Crippen molar-refractivity contribution in [1.29, 1.82) is 0 Å². The van der Waals surface area contributed by atoms with Gasteiger partial charge in [0.25, 0.3) is 0 Å². The number of rotatable bonds is 6. The highest BCUT2D eigenvalue weighted by Crippen LogP contribution is 2.30. The van der Waals surface area contributed by atoms with E-state index in [-0.39, 0.29) is 0 Å². The number of hydrogen-bond acceptors (Lipinski definition) is 3. The van der Waals surface area contributed by atoms with Gasteiger partial charge in [-0.15, -0.1) is 0 Å². The quantitative estimate of drug-likeness (QED) is 0.818. The van der Waals surface area contributed by atoms with Crippen LogP contribution in [0.25, 0.3) is 0 Å². The van der Waals surface area contributed by atoms with Crippen molar-refractivity contribution < 1.29 is 0 Å². The minimum Gasteiger partial charge on any atom is -0.359 e. The topological polar surface area (TPSA) is 28.2 Å². The van der Waals surface area contributed by atoms with Crippen LogP contribution < -0.4 is 10.2 Å². The van der Waals surface area contributed by atoms with Crippen LogP contribution in [0.5, 0.6) is 0 Å². The number of hydrogen-bond donors (Lipinski definition) is 1. The highest BCUT2D eigenvalue weighted by molar-refractivity contribution is 5.39. The summed E-state index contributed by atoms with van der Waals surface area (Å²) in [6, 6.07) is 4.69. The van der Waals surface area contributed by atoms with E-state index in [2.05, 4.69) is 48.2 Å². The van der Waals surface area contributed by atoms with Gasteiger partial charge in [0.05, 0.1) is 0 Å². The van der Waals surface area contributed by atoms with Gasteiger partial charge in [0.15, 0.2) is 0 Å². The SMILES string of the molecule is CCNC(C)c1ccc(N(C)CC2CC2)nc1. The largest absolute Gasteiger partial charge is 0.359 e. The molecule has 1 atom stereocenters. The number of nitrogens with zero attached hydrogens (tertiary/aromatic N) is 2. The third-order valence-electron chi connectivity index (χ3n) is 3.40. The van der Waals surface area contributed by atoms with Crippen LogP contribution in [0.3, 0.4) is 0 Å². The molecule has 0 radical (unpaired) electrons. The summed E-state index contributed by atoms with van der Waals surface area (Å²) < 4.78 is 0. The molecule has 1 N–H and O–H groups in total. The van der Waals surface area contributed by atoms with E-state index < -0.39 is 0 Å². The molecule has 1 fully saturated rings. The summed E-state index contributed by atoms with van der Waals surface area (Å²) in [4.78, 5) is 6.81. The van der Waals surface area contributed by atoms with Gasteiger partial charge in [0.2, 0.25) is 0 Å². The zero-order chi connectivity index (χ0) is 12.3. The molecule has 1 saturated carbocycles. The maximum absolute atomic E-state index is 4.55. The average Bonchev–Trinajstić information content (AvgIpc) is 3.13. The Labute approximate surface area is 104 Å². The summed E-state index contributed by atoms with van der Waals surface area (Å²) in [5.74, 6) is 1.99. The smallest absolute Gasteiger partial charge is 0.128 e. The van der Waals surface area contributed by atoms with Gasteiger partial charge >= 0.3 is 0 Å². The molecule has 2 rings (SSSR count). The molecule has 0 aliphatic heterocycles. The van der Waals surface area contributed by atoms with Gasteiger partial charge in [0.1, 0.15) is 5.82 Å². The minimum absolute atomic E-state index is 0.385. The predicted molar refractivity (Wildman–Crippen MR) is 72.3 cm³/mol. The second-order valence-electron chi connectivity index (χ2n) is 5.05. The van der Waals surface area contributed by atoms with Gasteiger partial charge in [-0.3, -0.25) is 0 Å². The van der Waals surface area contributed by atoms with E-state index in [1.807, 2.05) is 6.20 Å². The van der Waals surface area contributed by atoms with E-state index in [1.54, 1.807) is 0 Å². The summed E-state index contributed by atoms with van der Waals surface area (Å²) in [6.45, 7) is 6.44. The third kappa shape index (κ3) is 3.43. The molecule has 1 aromatic rings. The maximum Gasteiger partial charge on any atom is 0.128 e. The summed E-state index contributed by atoms with van der Waals surface area (Å²) in [5, 5.41) is 3.40. The minimum atomic E-state index is 0.385. The first-order valence-corrected chi connectivity index (χ1v) is 6.61. The predicted octanol–water partition coefficient (Wildman–Crippen LogP) is 2.60. The first kappa shape index (κ1) is 12.4. The molecule has 0 saturated heterocycles. The molecule has 1 unspecified atom stereocenters. The molecule has 0 amide bonds. The Kier molecular flexibility index (Phi) is 4.00. The Hall–Kier alpha value is -1.09. The van der Waals surface area contributed by atoms with E-state index >= 15 is 0 Å². The van der Waals surface area contributed by atoms with Crippen molar-refractivity contribution in [2.75, 3.05) is 25.0 Å². The average molecular weight is 233 g/mol. The Bertz CT molecular complexity index is 343. The lowest BCUT2D eigenvalue weighted by Crippen LogP contribution is -2.22.